The van der Waals surface area contributed by atoms with Crippen molar-refractivity contribution in [2.75, 3.05) is 38.5 Å². The van der Waals surface area contributed by atoms with E-state index < -0.39 is 36.6 Å². The standard InChI is InChI=1S/C23H32N8O5S/c24-15(23(34)35)3-4-29(6-13-7-30(8-13)9-14-2-1-5-37-14)10-16-18(32)19(33)22(36-16)31-12-28-17-20(25)26-11-27-21(17)31/h1-2,5,11-13,15-16,18-19,22,32-33H,3-4,6-10,24H2,(H,34,35)(H2,25,26,27)/t15-,16+,18+,19+,22+/m0/s1. The zero-order chi connectivity index (χ0) is 26.1. The summed E-state index contributed by atoms with van der Waals surface area (Å²) in [6.07, 6.45) is -0.969. The molecule has 2 fully saturated rings. The van der Waals surface area contributed by atoms with Gasteiger partial charge in [0.2, 0.25) is 0 Å². The van der Waals surface area contributed by atoms with Gasteiger partial charge in [-0.3, -0.25) is 14.3 Å². The molecule has 200 valence electrons. The summed E-state index contributed by atoms with van der Waals surface area (Å²) < 4.78 is 7.65. The maximum absolute atomic E-state index is 11.3. The third kappa shape index (κ3) is 5.60. The average Bonchev–Trinajstić information content (AvgIpc) is 3.58. The smallest absolute Gasteiger partial charge is 0.320 e. The van der Waals surface area contributed by atoms with E-state index in [9.17, 15) is 20.1 Å². The van der Waals surface area contributed by atoms with Gasteiger partial charge in [-0.25, -0.2) is 15.0 Å². The highest BCUT2D eigenvalue weighted by atomic mass is 32.1. The van der Waals surface area contributed by atoms with Crippen LogP contribution in [0.2, 0.25) is 0 Å². The van der Waals surface area contributed by atoms with Crippen LogP contribution in [0.5, 0.6) is 0 Å². The van der Waals surface area contributed by atoms with E-state index in [0.29, 0.717) is 36.7 Å². The van der Waals surface area contributed by atoms with Gasteiger partial charge < -0.3 is 36.4 Å². The molecule has 0 amide bonds. The van der Waals surface area contributed by atoms with Crippen molar-refractivity contribution in [3.8, 4) is 0 Å². The number of hydrogen-bond donors (Lipinski definition) is 5. The van der Waals surface area contributed by atoms with Crippen LogP contribution in [0.1, 0.15) is 17.5 Å². The summed E-state index contributed by atoms with van der Waals surface area (Å²) in [5, 5.41) is 32.9. The van der Waals surface area contributed by atoms with Gasteiger partial charge in [-0.05, 0) is 23.8 Å². The van der Waals surface area contributed by atoms with Crippen LogP contribution in [-0.2, 0) is 16.1 Å². The second kappa shape index (κ2) is 10.9. The molecule has 37 heavy (non-hydrogen) atoms. The number of rotatable bonds is 11. The topological polar surface area (TPSA) is 189 Å². The molecule has 0 saturated carbocycles. The lowest BCUT2D eigenvalue weighted by molar-refractivity contribution is -0.138. The number of aliphatic hydroxyl groups excluding tert-OH is 2. The highest BCUT2D eigenvalue weighted by molar-refractivity contribution is 7.09. The van der Waals surface area contributed by atoms with Crippen LogP contribution in [-0.4, -0.2) is 108 Å². The Balaban J connectivity index is 1.24. The molecule has 0 bridgehead atoms. The Morgan fingerprint density at radius 1 is 1.24 bits per heavy atom. The van der Waals surface area contributed by atoms with Gasteiger partial charge >= 0.3 is 5.97 Å². The molecule has 3 aromatic rings. The first-order chi connectivity index (χ1) is 17.8. The third-order valence-electron chi connectivity index (χ3n) is 7.02. The number of carboxylic acid groups (broad SMARTS) is 1. The van der Waals surface area contributed by atoms with Crippen molar-refractivity contribution in [3.05, 3.63) is 35.0 Å². The number of ether oxygens (including phenoxy) is 1. The van der Waals surface area contributed by atoms with Gasteiger partial charge in [-0.15, -0.1) is 11.3 Å². The first-order valence-corrected chi connectivity index (χ1v) is 13.1. The van der Waals surface area contributed by atoms with Crippen molar-refractivity contribution in [2.24, 2.45) is 11.7 Å². The Bertz CT molecular complexity index is 1200. The molecule has 2 saturated heterocycles. The molecule has 7 N–H and O–H groups in total. The fourth-order valence-corrected chi connectivity index (χ4v) is 5.78. The molecule has 14 heteroatoms. The van der Waals surface area contributed by atoms with Crippen LogP contribution in [0, 0.1) is 5.92 Å². The zero-order valence-corrected chi connectivity index (χ0v) is 21.0. The molecule has 2 aliphatic heterocycles. The molecule has 0 radical (unpaired) electrons. The zero-order valence-electron chi connectivity index (χ0n) is 20.2. The van der Waals surface area contributed by atoms with E-state index in [1.807, 2.05) is 6.07 Å². The number of fused-ring (bicyclic) bond motifs is 1. The van der Waals surface area contributed by atoms with Crippen LogP contribution in [0.25, 0.3) is 11.2 Å². The first kappa shape index (κ1) is 25.9. The number of aliphatic hydroxyl groups is 2. The molecule has 0 unspecified atom stereocenters. The number of nitrogen functional groups attached to an aromatic ring is 1. The van der Waals surface area contributed by atoms with Crippen LogP contribution in [0.4, 0.5) is 5.82 Å². The van der Waals surface area contributed by atoms with Gasteiger partial charge in [-0.1, -0.05) is 6.07 Å². The Morgan fingerprint density at radius 3 is 2.78 bits per heavy atom. The summed E-state index contributed by atoms with van der Waals surface area (Å²) in [7, 11) is 0. The third-order valence-corrected chi connectivity index (χ3v) is 7.88. The van der Waals surface area contributed by atoms with Gasteiger partial charge in [0.05, 0.1) is 6.33 Å². The van der Waals surface area contributed by atoms with Crippen molar-refractivity contribution in [1.82, 2.24) is 29.3 Å². The van der Waals surface area contributed by atoms with Gasteiger partial charge in [0, 0.05) is 44.1 Å². The van der Waals surface area contributed by atoms with E-state index >= 15 is 0 Å². The lowest BCUT2D eigenvalue weighted by atomic mass is 9.98. The van der Waals surface area contributed by atoms with E-state index in [-0.39, 0.29) is 12.2 Å². The fraction of sp³-hybridized carbons (Fsp3) is 0.565. The molecule has 3 aromatic heterocycles. The summed E-state index contributed by atoms with van der Waals surface area (Å²) in [6, 6.07) is 3.20. The summed E-state index contributed by atoms with van der Waals surface area (Å²) in [6.45, 7) is 4.23. The number of aromatic nitrogens is 4. The molecular weight excluding hydrogens is 500 g/mol. The fourth-order valence-electron chi connectivity index (χ4n) is 5.03. The van der Waals surface area contributed by atoms with E-state index in [0.717, 1.165) is 19.6 Å². The maximum Gasteiger partial charge on any atom is 0.320 e. The number of aliphatic carboxylic acids is 1. The van der Waals surface area contributed by atoms with Crippen molar-refractivity contribution >= 4 is 34.3 Å². The van der Waals surface area contributed by atoms with Gasteiger partial charge in [0.25, 0.3) is 0 Å². The minimum Gasteiger partial charge on any atom is -0.480 e. The number of carbonyl (C=O) groups is 1. The predicted octanol–water partition coefficient (Wildman–Crippen LogP) is -0.675. The van der Waals surface area contributed by atoms with Crippen molar-refractivity contribution in [2.45, 2.75) is 43.5 Å². The Labute approximate surface area is 217 Å². The van der Waals surface area contributed by atoms with E-state index in [4.69, 9.17) is 16.2 Å². The average molecular weight is 533 g/mol. The number of hydrogen-bond acceptors (Lipinski definition) is 12. The van der Waals surface area contributed by atoms with Crippen molar-refractivity contribution < 1.29 is 24.9 Å². The number of nitrogens with zero attached hydrogens (tertiary/aromatic N) is 6. The lowest BCUT2D eigenvalue weighted by Crippen LogP contribution is -2.52. The summed E-state index contributed by atoms with van der Waals surface area (Å²) in [5.74, 6) is -0.438. The Kier molecular flexibility index (Phi) is 7.67. The lowest BCUT2D eigenvalue weighted by Gasteiger charge is -2.42. The second-order valence-corrected chi connectivity index (χ2v) is 10.8. The molecule has 5 atom stereocenters. The number of thiophene rings is 1. The molecule has 13 nitrogen and oxygen atoms in total. The van der Waals surface area contributed by atoms with Gasteiger partial charge in [-0.2, -0.15) is 0 Å². The number of imidazole rings is 1. The van der Waals surface area contributed by atoms with Crippen LogP contribution in [0.15, 0.2) is 30.2 Å². The highest BCUT2D eigenvalue weighted by Crippen LogP contribution is 2.33. The molecule has 2 aliphatic rings. The first-order valence-electron chi connectivity index (χ1n) is 12.2. The van der Waals surface area contributed by atoms with Crippen molar-refractivity contribution in [1.29, 1.82) is 0 Å². The summed E-state index contributed by atoms with van der Waals surface area (Å²) in [5.41, 5.74) is 12.4. The molecule has 5 rings (SSSR count). The van der Waals surface area contributed by atoms with E-state index in [1.165, 1.54) is 17.5 Å². The molecule has 0 aliphatic carbocycles. The number of anilines is 1. The highest BCUT2D eigenvalue weighted by Gasteiger charge is 2.45. The minimum absolute atomic E-state index is 0.211. The molecular formula is C23H32N8O5S. The van der Waals surface area contributed by atoms with Gasteiger partial charge in [0.15, 0.2) is 17.7 Å². The maximum atomic E-state index is 11.3. The normalized spacial score (nSPS) is 25.6. The molecule has 5 heterocycles. The van der Waals surface area contributed by atoms with Crippen LogP contribution in [0.3, 0.4) is 0 Å². The van der Waals surface area contributed by atoms with E-state index in [1.54, 1.807) is 15.9 Å². The Hall–Kier alpha value is -2.72. The number of nitrogens with two attached hydrogens (primary N) is 2. The Morgan fingerprint density at radius 2 is 2.05 bits per heavy atom. The SMILES string of the molecule is Nc1ncnc2c1ncn2[C@@H]1O[C@H](CN(CC[C@H](N)C(=O)O)CC2CN(Cc3cccs3)C2)[C@@H](O)[C@H]1O. The second-order valence-electron chi connectivity index (χ2n) is 9.76. The number of carboxylic acids is 1. The largest absolute Gasteiger partial charge is 0.480 e. The monoisotopic (exact) mass is 532 g/mol. The quantitative estimate of drug-likeness (QED) is 0.210. The van der Waals surface area contributed by atoms with Crippen LogP contribution >= 0.6 is 11.3 Å². The van der Waals surface area contributed by atoms with Crippen LogP contribution < -0.4 is 11.5 Å². The minimum atomic E-state index is -1.22. The van der Waals surface area contributed by atoms with Gasteiger partial charge in [0.1, 0.15) is 36.2 Å². The summed E-state index contributed by atoms with van der Waals surface area (Å²) >= 11 is 1.74. The van der Waals surface area contributed by atoms with E-state index in [2.05, 4.69) is 36.2 Å². The number of likely N-dealkylation sites (tertiary alicyclic amines) is 1. The van der Waals surface area contributed by atoms with Crippen molar-refractivity contribution in [3.63, 3.8) is 0 Å². The summed E-state index contributed by atoms with van der Waals surface area (Å²) in [4.78, 5) is 29.4. The predicted molar refractivity (Wildman–Crippen MR) is 135 cm³/mol. The molecule has 0 aromatic carbocycles. The molecule has 0 spiro atoms.